The normalized spacial score (nSPS) is 14.2. The van der Waals surface area contributed by atoms with E-state index in [-0.39, 0.29) is 16.0 Å². The molecule has 1 heterocycles. The number of amides is 2. The van der Waals surface area contributed by atoms with Crippen molar-refractivity contribution in [3.63, 3.8) is 0 Å². The molecular formula is C18H18N2O4S. The summed E-state index contributed by atoms with van der Waals surface area (Å²) in [5.41, 5.74) is 3.20. The number of rotatable bonds is 3. The highest BCUT2D eigenvalue weighted by Gasteiger charge is 2.39. The molecule has 7 heteroatoms. The van der Waals surface area contributed by atoms with Gasteiger partial charge in [0, 0.05) is 0 Å². The number of fused-ring (bicyclic) bond motifs is 1. The smallest absolute Gasteiger partial charge is 0.267 e. The summed E-state index contributed by atoms with van der Waals surface area (Å²) < 4.78 is 25.8. The van der Waals surface area contributed by atoms with E-state index in [4.69, 9.17) is 0 Å². The van der Waals surface area contributed by atoms with E-state index in [1.807, 2.05) is 19.9 Å². The number of hydrogen-bond acceptors (Lipinski definition) is 4. The van der Waals surface area contributed by atoms with E-state index in [9.17, 15) is 18.0 Å². The lowest BCUT2D eigenvalue weighted by Crippen LogP contribution is -2.46. The molecule has 0 spiro atoms. The van der Waals surface area contributed by atoms with Crippen molar-refractivity contribution in [1.29, 1.82) is 0 Å². The van der Waals surface area contributed by atoms with Crippen molar-refractivity contribution >= 4 is 21.8 Å². The third-order valence-corrected chi connectivity index (χ3v) is 6.14. The zero-order valence-electron chi connectivity index (χ0n) is 14.4. The highest BCUT2D eigenvalue weighted by molar-refractivity contribution is 7.89. The van der Waals surface area contributed by atoms with Gasteiger partial charge >= 0.3 is 0 Å². The molecule has 0 radical (unpaired) electrons. The number of nitrogens with zero attached hydrogens (tertiary/aromatic N) is 1. The minimum absolute atomic E-state index is 0.0987. The van der Waals surface area contributed by atoms with Gasteiger partial charge in [-0.15, -0.1) is 4.83 Å². The van der Waals surface area contributed by atoms with Crippen molar-refractivity contribution in [2.45, 2.75) is 32.6 Å². The molecule has 0 fully saturated rings. The van der Waals surface area contributed by atoms with Gasteiger partial charge in [-0.2, -0.15) is 5.01 Å². The molecule has 0 saturated carbocycles. The fourth-order valence-corrected chi connectivity index (χ4v) is 4.65. The van der Waals surface area contributed by atoms with Crippen molar-refractivity contribution in [1.82, 2.24) is 9.84 Å². The number of hydrogen-bond donors (Lipinski definition) is 1. The van der Waals surface area contributed by atoms with Crippen molar-refractivity contribution in [3.05, 3.63) is 63.7 Å². The summed E-state index contributed by atoms with van der Waals surface area (Å²) in [5.74, 6) is -1.35. The molecule has 2 amide bonds. The summed E-state index contributed by atoms with van der Waals surface area (Å²) in [6.07, 6.45) is 0. The molecule has 1 aliphatic rings. The summed E-state index contributed by atoms with van der Waals surface area (Å²) in [7, 11) is -4.10. The molecule has 3 rings (SSSR count). The van der Waals surface area contributed by atoms with E-state index in [2.05, 4.69) is 4.83 Å². The second-order valence-electron chi connectivity index (χ2n) is 6.18. The molecule has 0 atom stereocenters. The average molecular weight is 358 g/mol. The summed E-state index contributed by atoms with van der Waals surface area (Å²) in [4.78, 5) is 27.1. The molecule has 6 nitrogen and oxygen atoms in total. The summed E-state index contributed by atoms with van der Waals surface area (Å²) in [5, 5.41) is 0.566. The van der Waals surface area contributed by atoms with E-state index in [1.165, 1.54) is 12.1 Å². The maximum Gasteiger partial charge on any atom is 0.277 e. The average Bonchev–Trinajstić information content (AvgIpc) is 2.78. The van der Waals surface area contributed by atoms with Gasteiger partial charge in [0.25, 0.3) is 21.8 Å². The van der Waals surface area contributed by atoms with Crippen LogP contribution in [0, 0.1) is 27.7 Å². The number of sulfonamides is 1. The van der Waals surface area contributed by atoms with E-state index in [0.717, 1.165) is 11.1 Å². The molecule has 1 aliphatic heterocycles. The molecule has 0 aliphatic carbocycles. The first-order valence-corrected chi connectivity index (χ1v) is 9.21. The molecule has 0 unspecified atom stereocenters. The molecule has 2 aromatic carbocycles. The lowest BCUT2D eigenvalue weighted by molar-refractivity contribution is 0.0618. The Morgan fingerprint density at radius 1 is 0.840 bits per heavy atom. The van der Waals surface area contributed by atoms with E-state index >= 15 is 0 Å². The lowest BCUT2D eigenvalue weighted by Gasteiger charge is -2.19. The van der Waals surface area contributed by atoms with Gasteiger partial charge in [-0.25, -0.2) is 8.42 Å². The summed E-state index contributed by atoms with van der Waals surface area (Å²) in [6, 6.07) is 8.15. The van der Waals surface area contributed by atoms with Gasteiger partial charge < -0.3 is 0 Å². The van der Waals surface area contributed by atoms with Crippen LogP contribution in [0.3, 0.4) is 0 Å². The zero-order valence-corrected chi connectivity index (χ0v) is 15.2. The van der Waals surface area contributed by atoms with Crippen molar-refractivity contribution in [3.8, 4) is 0 Å². The quantitative estimate of drug-likeness (QED) is 0.854. The number of imide groups is 1. The topological polar surface area (TPSA) is 83.6 Å². The molecule has 1 N–H and O–H groups in total. The third-order valence-electron chi connectivity index (χ3n) is 4.57. The van der Waals surface area contributed by atoms with Crippen LogP contribution in [0.4, 0.5) is 0 Å². The number of carbonyl (C=O) groups excluding carboxylic acids is 2. The molecule has 25 heavy (non-hydrogen) atoms. The van der Waals surface area contributed by atoms with Crippen LogP contribution in [0.1, 0.15) is 43.0 Å². The summed E-state index contributed by atoms with van der Waals surface area (Å²) in [6.45, 7) is 7.06. The van der Waals surface area contributed by atoms with E-state index in [0.29, 0.717) is 16.1 Å². The SMILES string of the molecule is Cc1cc(C)c(C)c(S(=O)(=O)NN2C(=O)c3ccccc3C2=O)c1C. The van der Waals surface area contributed by atoms with Gasteiger partial charge in [-0.05, 0) is 62.1 Å². The van der Waals surface area contributed by atoms with E-state index in [1.54, 1.807) is 26.0 Å². The Bertz CT molecular complexity index is 964. The minimum atomic E-state index is -4.10. The van der Waals surface area contributed by atoms with Crippen LogP contribution in [0.15, 0.2) is 35.2 Å². The van der Waals surface area contributed by atoms with Gasteiger partial charge in [0.2, 0.25) is 0 Å². The second-order valence-corrected chi connectivity index (χ2v) is 7.77. The van der Waals surface area contributed by atoms with Crippen molar-refractivity contribution < 1.29 is 18.0 Å². The number of carbonyl (C=O) groups is 2. The van der Waals surface area contributed by atoms with E-state index < -0.39 is 21.8 Å². The predicted molar refractivity (Wildman–Crippen MR) is 92.7 cm³/mol. The van der Waals surface area contributed by atoms with Crippen LogP contribution in [0.5, 0.6) is 0 Å². The standard InChI is InChI=1S/C18H18N2O4S/c1-10-9-11(2)13(4)16(12(10)3)25(23,24)19-20-17(21)14-7-5-6-8-15(14)18(20)22/h5-9,19H,1-4H3. The van der Waals surface area contributed by atoms with Gasteiger partial charge in [0.1, 0.15) is 0 Å². The highest BCUT2D eigenvalue weighted by Crippen LogP contribution is 2.27. The molecule has 0 saturated heterocycles. The van der Waals surface area contributed by atoms with Gasteiger partial charge in [-0.1, -0.05) is 18.2 Å². The first kappa shape index (κ1) is 17.3. The lowest BCUT2D eigenvalue weighted by atomic mass is 10.0. The van der Waals surface area contributed by atoms with Crippen LogP contribution < -0.4 is 4.83 Å². The Kier molecular flexibility index (Phi) is 4.01. The van der Waals surface area contributed by atoms with Crippen molar-refractivity contribution in [2.75, 3.05) is 0 Å². The Balaban J connectivity index is 2.05. The Labute approximate surface area is 146 Å². The van der Waals surface area contributed by atoms with Crippen LogP contribution >= 0.6 is 0 Å². The largest absolute Gasteiger partial charge is 0.277 e. The Hall–Kier alpha value is -2.51. The number of hydrazine groups is 1. The molecule has 130 valence electrons. The molecular weight excluding hydrogens is 340 g/mol. The fourth-order valence-electron chi connectivity index (χ4n) is 3.02. The first-order valence-electron chi connectivity index (χ1n) is 7.73. The number of benzene rings is 2. The molecule has 2 aromatic rings. The molecule has 0 bridgehead atoms. The second kappa shape index (κ2) is 5.79. The Morgan fingerprint density at radius 2 is 1.28 bits per heavy atom. The first-order chi connectivity index (χ1) is 11.6. The van der Waals surface area contributed by atoms with Crippen LogP contribution in [-0.4, -0.2) is 25.2 Å². The van der Waals surface area contributed by atoms with Crippen molar-refractivity contribution in [2.24, 2.45) is 0 Å². The van der Waals surface area contributed by atoms with Gasteiger partial charge in [0.15, 0.2) is 0 Å². The number of nitrogens with one attached hydrogen (secondary N) is 1. The summed E-state index contributed by atoms with van der Waals surface area (Å²) >= 11 is 0. The van der Waals surface area contributed by atoms with Crippen LogP contribution in [0.25, 0.3) is 0 Å². The zero-order chi connectivity index (χ0) is 18.5. The maximum absolute atomic E-state index is 12.9. The number of aryl methyl sites for hydroxylation is 2. The monoisotopic (exact) mass is 358 g/mol. The highest BCUT2D eigenvalue weighted by atomic mass is 32.2. The Morgan fingerprint density at radius 3 is 1.72 bits per heavy atom. The molecule has 0 aromatic heterocycles. The fraction of sp³-hybridized carbons (Fsp3) is 0.222. The minimum Gasteiger partial charge on any atom is -0.267 e. The maximum atomic E-state index is 12.9. The van der Waals surface area contributed by atoms with Gasteiger partial charge in [0.05, 0.1) is 16.0 Å². The van der Waals surface area contributed by atoms with Crippen LogP contribution in [-0.2, 0) is 10.0 Å². The predicted octanol–water partition coefficient (Wildman–Crippen LogP) is 2.41. The van der Waals surface area contributed by atoms with Gasteiger partial charge in [-0.3, -0.25) is 9.59 Å². The van der Waals surface area contributed by atoms with Crippen LogP contribution in [0.2, 0.25) is 0 Å². The third kappa shape index (κ3) is 2.65.